The van der Waals surface area contributed by atoms with Crippen LogP contribution in [0.2, 0.25) is 0 Å². The number of carbonyl (C=O) groups is 2. The number of nitrogens with zero attached hydrogens (tertiary/aromatic N) is 1. The highest BCUT2D eigenvalue weighted by molar-refractivity contribution is 5.84. The molecule has 1 atom stereocenters. The Labute approximate surface area is 110 Å². The van der Waals surface area contributed by atoms with Crippen molar-refractivity contribution >= 4 is 11.9 Å². The molecule has 0 aliphatic rings. The zero-order valence-corrected chi connectivity index (χ0v) is 10.4. The smallest absolute Gasteiger partial charge is 0.326 e. The second-order valence-corrected chi connectivity index (χ2v) is 3.86. The zero-order chi connectivity index (χ0) is 14.3. The van der Waals surface area contributed by atoms with Crippen molar-refractivity contribution in [3.63, 3.8) is 0 Å². The maximum absolute atomic E-state index is 11.3. The van der Waals surface area contributed by atoms with Gasteiger partial charge in [-0.1, -0.05) is 18.2 Å². The van der Waals surface area contributed by atoms with Gasteiger partial charge in [-0.05, 0) is 11.6 Å². The van der Waals surface area contributed by atoms with Crippen molar-refractivity contribution in [3.8, 4) is 6.07 Å². The third-order valence-electron chi connectivity index (χ3n) is 2.47. The zero-order valence-electron chi connectivity index (χ0n) is 10.4. The summed E-state index contributed by atoms with van der Waals surface area (Å²) in [5, 5.41) is 20.4. The van der Waals surface area contributed by atoms with E-state index in [0.717, 1.165) is 0 Å². The van der Waals surface area contributed by atoms with Crippen LogP contribution in [0.5, 0.6) is 0 Å². The highest BCUT2D eigenvalue weighted by atomic mass is 16.5. The van der Waals surface area contributed by atoms with Crippen LogP contribution >= 0.6 is 0 Å². The largest absolute Gasteiger partial charge is 0.480 e. The molecule has 1 aromatic rings. The molecule has 0 radical (unpaired) electrons. The van der Waals surface area contributed by atoms with Crippen LogP contribution in [0.4, 0.5) is 0 Å². The summed E-state index contributed by atoms with van der Waals surface area (Å²) < 4.78 is 4.62. The van der Waals surface area contributed by atoms with Crippen LogP contribution in [0.15, 0.2) is 24.3 Å². The Morgan fingerprint density at radius 2 is 2.16 bits per heavy atom. The summed E-state index contributed by atoms with van der Waals surface area (Å²) in [7, 11) is 1.35. The molecule has 0 aliphatic carbocycles. The van der Waals surface area contributed by atoms with E-state index < -0.39 is 17.9 Å². The Morgan fingerprint density at radius 3 is 2.74 bits per heavy atom. The van der Waals surface area contributed by atoms with Gasteiger partial charge in [0.15, 0.2) is 0 Å². The average molecular weight is 262 g/mol. The first kappa shape index (κ1) is 14.7. The van der Waals surface area contributed by atoms with E-state index in [0.29, 0.717) is 11.1 Å². The summed E-state index contributed by atoms with van der Waals surface area (Å²) >= 11 is 0. The van der Waals surface area contributed by atoms with E-state index >= 15 is 0 Å². The van der Waals surface area contributed by atoms with Crippen molar-refractivity contribution in [2.24, 2.45) is 0 Å². The molecular formula is C13H14N2O4. The summed E-state index contributed by atoms with van der Waals surface area (Å²) in [4.78, 5) is 22.4. The fourth-order valence-corrected chi connectivity index (χ4v) is 1.59. The van der Waals surface area contributed by atoms with Crippen LogP contribution in [0.25, 0.3) is 0 Å². The van der Waals surface area contributed by atoms with Gasteiger partial charge in [-0.3, -0.25) is 4.79 Å². The van der Waals surface area contributed by atoms with E-state index in [1.165, 1.54) is 7.11 Å². The summed E-state index contributed by atoms with van der Waals surface area (Å²) in [6.45, 7) is -0.205. The second kappa shape index (κ2) is 7.13. The van der Waals surface area contributed by atoms with E-state index in [2.05, 4.69) is 10.1 Å². The lowest BCUT2D eigenvalue weighted by atomic mass is 10.0. The van der Waals surface area contributed by atoms with Gasteiger partial charge >= 0.3 is 5.97 Å². The first-order chi connectivity index (χ1) is 9.08. The molecule has 0 spiro atoms. The molecule has 1 amide bonds. The molecular weight excluding hydrogens is 248 g/mol. The van der Waals surface area contributed by atoms with Gasteiger partial charge in [0.2, 0.25) is 5.91 Å². The minimum Gasteiger partial charge on any atom is -0.480 e. The fraction of sp³-hybridized carbons (Fsp3) is 0.308. The molecule has 0 aromatic heterocycles. The number of nitriles is 1. The van der Waals surface area contributed by atoms with Crippen molar-refractivity contribution in [2.75, 3.05) is 13.7 Å². The lowest BCUT2D eigenvalue weighted by Crippen LogP contribution is -2.43. The highest BCUT2D eigenvalue weighted by Crippen LogP contribution is 2.10. The number of ether oxygens (including phenoxy) is 1. The minimum absolute atomic E-state index is 0.0501. The number of aliphatic carboxylic acids is 1. The topological polar surface area (TPSA) is 99.4 Å². The molecule has 0 saturated heterocycles. The molecule has 100 valence electrons. The van der Waals surface area contributed by atoms with Gasteiger partial charge in [-0.15, -0.1) is 0 Å². The molecule has 1 rings (SSSR count). The summed E-state index contributed by atoms with van der Waals surface area (Å²) in [6, 6.07) is 7.58. The minimum atomic E-state index is -1.16. The second-order valence-electron chi connectivity index (χ2n) is 3.86. The molecule has 6 heteroatoms. The summed E-state index contributed by atoms with van der Waals surface area (Å²) in [5.74, 6) is -1.67. The van der Waals surface area contributed by atoms with Gasteiger partial charge in [0, 0.05) is 13.5 Å². The molecule has 19 heavy (non-hydrogen) atoms. The first-order valence-electron chi connectivity index (χ1n) is 5.57. The number of amides is 1. The number of hydrogen-bond donors (Lipinski definition) is 2. The molecule has 6 nitrogen and oxygen atoms in total. The third-order valence-corrected chi connectivity index (χ3v) is 2.47. The van der Waals surface area contributed by atoms with Crippen molar-refractivity contribution in [1.82, 2.24) is 5.32 Å². The molecule has 1 aromatic carbocycles. The van der Waals surface area contributed by atoms with Gasteiger partial charge < -0.3 is 15.2 Å². The normalized spacial score (nSPS) is 11.4. The first-order valence-corrected chi connectivity index (χ1v) is 5.57. The van der Waals surface area contributed by atoms with Crippen molar-refractivity contribution in [2.45, 2.75) is 12.5 Å². The fourth-order valence-electron chi connectivity index (χ4n) is 1.59. The lowest BCUT2D eigenvalue weighted by molar-refractivity contribution is -0.142. The van der Waals surface area contributed by atoms with E-state index in [1.807, 2.05) is 6.07 Å². The Bertz CT molecular complexity index is 508. The number of rotatable bonds is 6. The predicted octanol–water partition coefficient (Wildman–Crippen LogP) is 0.317. The number of carbonyl (C=O) groups excluding carboxylic acids is 1. The molecule has 0 saturated carbocycles. The number of methoxy groups -OCH3 is 1. The van der Waals surface area contributed by atoms with Crippen LogP contribution in [0.1, 0.15) is 11.1 Å². The van der Waals surface area contributed by atoms with Crippen LogP contribution in [-0.2, 0) is 20.7 Å². The van der Waals surface area contributed by atoms with Gasteiger partial charge in [0.05, 0.1) is 11.6 Å². The quantitative estimate of drug-likeness (QED) is 0.769. The summed E-state index contributed by atoms with van der Waals surface area (Å²) in [6.07, 6.45) is 0.0501. The Hall–Kier alpha value is -2.39. The number of carboxylic acid groups (broad SMARTS) is 1. The van der Waals surface area contributed by atoms with E-state index in [-0.39, 0.29) is 13.0 Å². The van der Waals surface area contributed by atoms with Crippen LogP contribution in [0, 0.1) is 11.3 Å². The van der Waals surface area contributed by atoms with E-state index in [4.69, 9.17) is 10.4 Å². The standard InChI is InChI=1S/C13H14N2O4/c1-19-8-12(16)15-11(13(17)18)6-9-4-2-3-5-10(9)7-14/h2-5,11H,6,8H2,1H3,(H,15,16)(H,17,18)/t11-/m1/s1. The van der Waals surface area contributed by atoms with Crippen LogP contribution < -0.4 is 5.32 Å². The van der Waals surface area contributed by atoms with E-state index in [1.54, 1.807) is 24.3 Å². The molecule has 0 fully saturated rings. The molecule has 2 N–H and O–H groups in total. The molecule has 0 bridgehead atoms. The van der Waals surface area contributed by atoms with Gasteiger partial charge in [0.25, 0.3) is 0 Å². The number of nitrogens with one attached hydrogen (secondary N) is 1. The van der Waals surface area contributed by atoms with Gasteiger partial charge in [-0.25, -0.2) is 4.79 Å². The Balaban J connectivity index is 2.82. The van der Waals surface area contributed by atoms with Crippen LogP contribution in [0.3, 0.4) is 0 Å². The number of hydrogen-bond acceptors (Lipinski definition) is 4. The monoisotopic (exact) mass is 262 g/mol. The molecule has 0 heterocycles. The predicted molar refractivity (Wildman–Crippen MR) is 66.3 cm³/mol. The molecule has 0 aliphatic heterocycles. The maximum atomic E-state index is 11.3. The lowest BCUT2D eigenvalue weighted by Gasteiger charge is -2.15. The van der Waals surface area contributed by atoms with Gasteiger partial charge in [0.1, 0.15) is 12.6 Å². The maximum Gasteiger partial charge on any atom is 0.326 e. The summed E-state index contributed by atoms with van der Waals surface area (Å²) in [5.41, 5.74) is 0.977. The highest BCUT2D eigenvalue weighted by Gasteiger charge is 2.21. The van der Waals surface area contributed by atoms with Crippen molar-refractivity contribution in [1.29, 1.82) is 5.26 Å². The van der Waals surface area contributed by atoms with Crippen molar-refractivity contribution < 1.29 is 19.4 Å². The number of carboxylic acids is 1. The SMILES string of the molecule is COCC(=O)N[C@H](Cc1ccccc1C#N)C(=O)O. The third kappa shape index (κ3) is 4.41. The molecule has 0 unspecified atom stereocenters. The number of benzene rings is 1. The van der Waals surface area contributed by atoms with E-state index in [9.17, 15) is 9.59 Å². The Kier molecular flexibility index (Phi) is 5.51. The van der Waals surface area contributed by atoms with Crippen LogP contribution in [-0.4, -0.2) is 36.7 Å². The van der Waals surface area contributed by atoms with Crippen molar-refractivity contribution in [3.05, 3.63) is 35.4 Å². The Morgan fingerprint density at radius 1 is 1.47 bits per heavy atom. The van der Waals surface area contributed by atoms with Gasteiger partial charge in [-0.2, -0.15) is 5.26 Å². The average Bonchev–Trinajstić information content (AvgIpc) is 2.38.